The number of nitrogen functional groups attached to an aromatic ring is 1. The summed E-state index contributed by atoms with van der Waals surface area (Å²) in [6.07, 6.45) is 1.70. The van der Waals surface area contributed by atoms with E-state index in [1.165, 1.54) is 0 Å². The van der Waals surface area contributed by atoms with Crippen molar-refractivity contribution in [3.05, 3.63) is 34.1 Å². The summed E-state index contributed by atoms with van der Waals surface area (Å²) >= 11 is 3.43. The molecule has 0 fully saturated rings. The van der Waals surface area contributed by atoms with Crippen LogP contribution in [-0.2, 0) is 0 Å². The van der Waals surface area contributed by atoms with Crippen molar-refractivity contribution in [2.75, 3.05) is 5.43 Å². The van der Waals surface area contributed by atoms with Gasteiger partial charge in [-0.2, -0.15) is 0 Å². The van der Waals surface area contributed by atoms with Gasteiger partial charge in [-0.05, 0) is 41.9 Å². The van der Waals surface area contributed by atoms with E-state index in [0.717, 1.165) is 15.7 Å². The summed E-state index contributed by atoms with van der Waals surface area (Å²) in [6.45, 7) is 3.83. The van der Waals surface area contributed by atoms with Crippen molar-refractivity contribution in [1.82, 2.24) is 15.0 Å². The zero-order valence-electron chi connectivity index (χ0n) is 9.53. The van der Waals surface area contributed by atoms with Crippen LogP contribution < -0.4 is 11.3 Å². The molecule has 0 atom stereocenters. The number of aryl methyl sites for hydroxylation is 1. The average molecular weight is 294 g/mol. The first-order valence-electron chi connectivity index (χ1n) is 5.06. The zero-order valence-corrected chi connectivity index (χ0v) is 11.1. The molecular weight excluding hydrogens is 282 g/mol. The number of nitrogens with two attached hydrogens (primary N) is 1. The maximum Gasteiger partial charge on any atom is 0.181 e. The molecule has 3 N–H and O–H groups in total. The van der Waals surface area contributed by atoms with E-state index >= 15 is 0 Å². The summed E-state index contributed by atoms with van der Waals surface area (Å²) < 4.78 is 0.853. The van der Waals surface area contributed by atoms with Crippen molar-refractivity contribution in [2.24, 2.45) is 5.84 Å². The Morgan fingerprint density at radius 3 is 2.71 bits per heavy atom. The fraction of sp³-hybridized carbons (Fsp3) is 0.182. The van der Waals surface area contributed by atoms with Gasteiger partial charge in [-0.3, -0.25) is 4.98 Å². The van der Waals surface area contributed by atoms with E-state index < -0.39 is 0 Å². The molecule has 0 amide bonds. The third-order valence-corrected chi connectivity index (χ3v) is 3.14. The second kappa shape index (κ2) is 4.77. The Hall–Kier alpha value is -1.53. The Morgan fingerprint density at radius 1 is 1.29 bits per heavy atom. The van der Waals surface area contributed by atoms with E-state index in [2.05, 4.69) is 36.3 Å². The van der Waals surface area contributed by atoms with Gasteiger partial charge in [0.25, 0.3) is 0 Å². The highest BCUT2D eigenvalue weighted by Gasteiger charge is 2.11. The first kappa shape index (κ1) is 11.9. The van der Waals surface area contributed by atoms with Crippen LogP contribution in [0.3, 0.4) is 0 Å². The van der Waals surface area contributed by atoms with E-state index in [0.29, 0.717) is 17.3 Å². The molecule has 0 aliphatic heterocycles. The molecule has 5 nitrogen and oxygen atoms in total. The number of pyridine rings is 1. The summed E-state index contributed by atoms with van der Waals surface area (Å²) in [6, 6.07) is 3.74. The molecule has 0 saturated heterocycles. The zero-order chi connectivity index (χ0) is 12.4. The van der Waals surface area contributed by atoms with Gasteiger partial charge in [0.2, 0.25) is 0 Å². The van der Waals surface area contributed by atoms with Gasteiger partial charge >= 0.3 is 0 Å². The van der Waals surface area contributed by atoms with Gasteiger partial charge in [0.1, 0.15) is 11.5 Å². The minimum atomic E-state index is 0.550. The monoisotopic (exact) mass is 293 g/mol. The molecule has 6 heteroatoms. The quantitative estimate of drug-likeness (QED) is 0.656. The number of nitrogens with zero attached hydrogens (tertiary/aromatic N) is 3. The number of halogens is 1. The van der Waals surface area contributed by atoms with E-state index in [-0.39, 0.29) is 0 Å². The first-order valence-corrected chi connectivity index (χ1v) is 5.85. The minimum absolute atomic E-state index is 0.550. The van der Waals surface area contributed by atoms with Crippen LogP contribution in [0.15, 0.2) is 22.8 Å². The Morgan fingerprint density at radius 2 is 2.06 bits per heavy atom. The standard InChI is InChI=1S/C11H12BrN5/c1-6-7(2)15-11(16-10(6)17-13)9-8(12)4-3-5-14-9/h3-5H,13H2,1-2H3,(H,15,16,17). The van der Waals surface area contributed by atoms with Gasteiger partial charge in [-0.25, -0.2) is 15.8 Å². The molecule has 2 aromatic rings. The lowest BCUT2D eigenvalue weighted by atomic mass is 10.2. The molecule has 0 unspecified atom stereocenters. The highest BCUT2D eigenvalue weighted by atomic mass is 79.9. The molecule has 0 aromatic carbocycles. The summed E-state index contributed by atoms with van der Waals surface area (Å²) in [5.41, 5.74) is 5.08. The van der Waals surface area contributed by atoms with Crippen molar-refractivity contribution in [2.45, 2.75) is 13.8 Å². The van der Waals surface area contributed by atoms with E-state index in [9.17, 15) is 0 Å². The predicted molar refractivity (Wildman–Crippen MR) is 70.2 cm³/mol. The topological polar surface area (TPSA) is 76.7 Å². The first-order chi connectivity index (χ1) is 8.13. The summed E-state index contributed by atoms with van der Waals surface area (Å²) in [4.78, 5) is 13.0. The fourth-order valence-electron chi connectivity index (χ4n) is 1.43. The third-order valence-electron chi connectivity index (χ3n) is 2.50. The number of anilines is 1. The Balaban J connectivity index is 2.61. The van der Waals surface area contributed by atoms with Crippen molar-refractivity contribution in [1.29, 1.82) is 0 Å². The largest absolute Gasteiger partial charge is 0.308 e. The highest BCUT2D eigenvalue weighted by molar-refractivity contribution is 9.10. The van der Waals surface area contributed by atoms with Crippen LogP contribution in [0.2, 0.25) is 0 Å². The molecule has 0 spiro atoms. The van der Waals surface area contributed by atoms with Gasteiger partial charge in [0.05, 0.1) is 0 Å². The van der Waals surface area contributed by atoms with Gasteiger partial charge < -0.3 is 5.43 Å². The molecule has 2 rings (SSSR count). The van der Waals surface area contributed by atoms with Crippen LogP contribution in [-0.4, -0.2) is 15.0 Å². The molecule has 2 heterocycles. The lowest BCUT2D eigenvalue weighted by Gasteiger charge is -2.09. The van der Waals surface area contributed by atoms with Gasteiger partial charge in [0.15, 0.2) is 5.82 Å². The van der Waals surface area contributed by atoms with E-state index in [1.807, 2.05) is 26.0 Å². The predicted octanol–water partition coefficient (Wildman–Crippen LogP) is 2.20. The Labute approximate surface area is 108 Å². The molecule has 0 radical (unpaired) electrons. The van der Waals surface area contributed by atoms with Crippen molar-refractivity contribution in [3.63, 3.8) is 0 Å². The van der Waals surface area contributed by atoms with Crippen LogP contribution in [0.1, 0.15) is 11.3 Å². The minimum Gasteiger partial charge on any atom is -0.308 e. The number of rotatable bonds is 2. The molecule has 0 aliphatic carbocycles. The highest BCUT2D eigenvalue weighted by Crippen LogP contribution is 2.25. The van der Waals surface area contributed by atoms with Gasteiger partial charge in [-0.15, -0.1) is 0 Å². The molecule has 0 bridgehead atoms. The van der Waals surface area contributed by atoms with Gasteiger partial charge in [0, 0.05) is 21.9 Å². The third kappa shape index (κ3) is 2.27. The lowest BCUT2D eigenvalue weighted by molar-refractivity contribution is 1.04. The lowest BCUT2D eigenvalue weighted by Crippen LogP contribution is -2.12. The normalized spacial score (nSPS) is 10.4. The SMILES string of the molecule is Cc1nc(-c2ncccc2Br)nc(NN)c1C. The van der Waals surface area contributed by atoms with Crippen molar-refractivity contribution in [3.8, 4) is 11.5 Å². The Kier molecular flexibility index (Phi) is 3.35. The van der Waals surface area contributed by atoms with Gasteiger partial charge in [-0.1, -0.05) is 0 Å². The second-order valence-corrected chi connectivity index (χ2v) is 4.44. The Bertz CT molecular complexity index is 556. The summed E-state index contributed by atoms with van der Waals surface area (Å²) in [5.74, 6) is 6.60. The van der Waals surface area contributed by atoms with Crippen LogP contribution in [0.4, 0.5) is 5.82 Å². The molecule has 88 valence electrons. The number of hydrogen-bond donors (Lipinski definition) is 2. The number of hydrazine groups is 1. The number of nitrogens with one attached hydrogen (secondary N) is 1. The molecule has 2 aromatic heterocycles. The van der Waals surface area contributed by atoms with Crippen LogP contribution in [0.5, 0.6) is 0 Å². The van der Waals surface area contributed by atoms with Crippen molar-refractivity contribution >= 4 is 21.7 Å². The van der Waals surface area contributed by atoms with Crippen LogP contribution in [0.25, 0.3) is 11.5 Å². The maximum atomic E-state index is 5.43. The average Bonchev–Trinajstić information content (AvgIpc) is 2.33. The second-order valence-electron chi connectivity index (χ2n) is 3.58. The molecule has 0 saturated carbocycles. The number of aromatic nitrogens is 3. The summed E-state index contributed by atoms with van der Waals surface area (Å²) in [7, 11) is 0. The molecular formula is C11H12BrN5. The maximum absolute atomic E-state index is 5.43. The van der Waals surface area contributed by atoms with E-state index in [4.69, 9.17) is 5.84 Å². The molecule has 17 heavy (non-hydrogen) atoms. The van der Waals surface area contributed by atoms with Crippen LogP contribution in [0, 0.1) is 13.8 Å². The molecule has 0 aliphatic rings. The van der Waals surface area contributed by atoms with Crippen LogP contribution >= 0.6 is 15.9 Å². The smallest absolute Gasteiger partial charge is 0.181 e. The summed E-state index contributed by atoms with van der Waals surface area (Å²) in [5, 5.41) is 0. The van der Waals surface area contributed by atoms with E-state index in [1.54, 1.807) is 6.20 Å². The number of hydrogen-bond acceptors (Lipinski definition) is 5. The van der Waals surface area contributed by atoms with Crippen molar-refractivity contribution < 1.29 is 0 Å². The fourth-order valence-corrected chi connectivity index (χ4v) is 1.86.